The molecule has 1 atom stereocenters. The molecule has 0 radical (unpaired) electrons. The number of benzene rings is 1. The van der Waals surface area contributed by atoms with E-state index in [-0.39, 0.29) is 6.04 Å². The third kappa shape index (κ3) is 3.24. The van der Waals surface area contributed by atoms with Crippen molar-refractivity contribution in [2.45, 2.75) is 39.7 Å². The van der Waals surface area contributed by atoms with Crippen molar-refractivity contribution < 1.29 is 4.74 Å². The van der Waals surface area contributed by atoms with Crippen molar-refractivity contribution >= 4 is 0 Å². The SMILES string of the molecule is CCOc1c(C)cccc1CC(N)CC. The number of para-hydroxylation sites is 1. The van der Waals surface area contributed by atoms with Crippen molar-refractivity contribution in [1.29, 1.82) is 0 Å². The highest BCUT2D eigenvalue weighted by Gasteiger charge is 2.09. The van der Waals surface area contributed by atoms with Gasteiger partial charge in [-0.15, -0.1) is 0 Å². The fraction of sp³-hybridized carbons (Fsp3) is 0.538. The molecule has 0 aliphatic rings. The van der Waals surface area contributed by atoms with Gasteiger partial charge in [-0.25, -0.2) is 0 Å². The number of hydrogen-bond acceptors (Lipinski definition) is 2. The summed E-state index contributed by atoms with van der Waals surface area (Å²) in [6, 6.07) is 6.47. The Balaban J connectivity index is 2.89. The molecule has 2 nitrogen and oxygen atoms in total. The monoisotopic (exact) mass is 207 g/mol. The Morgan fingerprint density at radius 2 is 2.07 bits per heavy atom. The maximum atomic E-state index is 5.96. The summed E-state index contributed by atoms with van der Waals surface area (Å²) in [5.41, 5.74) is 8.38. The molecule has 1 aromatic rings. The van der Waals surface area contributed by atoms with Crippen LogP contribution in [0.3, 0.4) is 0 Å². The zero-order chi connectivity index (χ0) is 11.3. The van der Waals surface area contributed by atoms with Crippen LogP contribution in [0.2, 0.25) is 0 Å². The van der Waals surface area contributed by atoms with Gasteiger partial charge >= 0.3 is 0 Å². The van der Waals surface area contributed by atoms with Crippen LogP contribution in [-0.2, 0) is 6.42 Å². The first-order chi connectivity index (χ1) is 7.19. The standard InChI is InChI=1S/C13H21NO/c1-4-12(14)9-11-8-6-7-10(3)13(11)15-5-2/h6-8,12H,4-5,9,14H2,1-3H3. The molecule has 84 valence electrons. The smallest absolute Gasteiger partial charge is 0.125 e. The predicted octanol–water partition coefficient (Wildman–Crippen LogP) is 2.67. The van der Waals surface area contributed by atoms with Crippen molar-refractivity contribution in [3.63, 3.8) is 0 Å². The molecule has 15 heavy (non-hydrogen) atoms. The second-order valence-electron chi connectivity index (χ2n) is 3.87. The maximum absolute atomic E-state index is 5.96. The van der Waals surface area contributed by atoms with Crippen LogP contribution in [0, 0.1) is 6.92 Å². The van der Waals surface area contributed by atoms with Gasteiger partial charge in [0, 0.05) is 6.04 Å². The minimum absolute atomic E-state index is 0.228. The molecule has 0 saturated heterocycles. The number of ether oxygens (including phenoxy) is 1. The Labute approximate surface area is 92.4 Å². The molecular formula is C13H21NO. The lowest BCUT2D eigenvalue weighted by atomic mass is 10.0. The quantitative estimate of drug-likeness (QED) is 0.805. The lowest BCUT2D eigenvalue weighted by molar-refractivity contribution is 0.333. The Kier molecular flexibility index (Phi) is 4.63. The molecular weight excluding hydrogens is 186 g/mol. The summed E-state index contributed by atoms with van der Waals surface area (Å²) < 4.78 is 5.66. The molecule has 0 fully saturated rings. The summed E-state index contributed by atoms with van der Waals surface area (Å²) in [7, 11) is 0. The topological polar surface area (TPSA) is 35.2 Å². The van der Waals surface area contributed by atoms with Crippen LogP contribution in [0.25, 0.3) is 0 Å². The summed E-state index contributed by atoms with van der Waals surface area (Å²) in [6.45, 7) is 6.90. The third-order valence-corrected chi connectivity index (χ3v) is 2.59. The molecule has 0 heterocycles. The number of aryl methyl sites for hydroxylation is 1. The molecule has 1 aromatic carbocycles. The number of rotatable bonds is 5. The normalized spacial score (nSPS) is 12.5. The van der Waals surface area contributed by atoms with Gasteiger partial charge in [-0.1, -0.05) is 25.1 Å². The van der Waals surface area contributed by atoms with E-state index in [1.165, 1.54) is 11.1 Å². The van der Waals surface area contributed by atoms with Gasteiger partial charge in [0.1, 0.15) is 5.75 Å². The molecule has 0 saturated carbocycles. The number of hydrogen-bond donors (Lipinski definition) is 1. The van der Waals surface area contributed by atoms with Crippen LogP contribution in [-0.4, -0.2) is 12.6 Å². The zero-order valence-electron chi connectivity index (χ0n) is 9.92. The van der Waals surface area contributed by atoms with E-state index in [0.29, 0.717) is 6.61 Å². The predicted molar refractivity (Wildman–Crippen MR) is 64.3 cm³/mol. The van der Waals surface area contributed by atoms with Crippen molar-refractivity contribution in [3.05, 3.63) is 29.3 Å². The molecule has 0 spiro atoms. The second-order valence-corrected chi connectivity index (χ2v) is 3.87. The Morgan fingerprint density at radius 3 is 2.67 bits per heavy atom. The van der Waals surface area contributed by atoms with Gasteiger partial charge in [0.15, 0.2) is 0 Å². The van der Waals surface area contributed by atoms with Gasteiger partial charge in [0.05, 0.1) is 6.61 Å². The highest BCUT2D eigenvalue weighted by molar-refractivity contribution is 5.41. The second kappa shape index (κ2) is 5.76. The van der Waals surface area contributed by atoms with Gasteiger partial charge in [-0.3, -0.25) is 0 Å². The van der Waals surface area contributed by atoms with Crippen LogP contribution < -0.4 is 10.5 Å². The molecule has 0 aromatic heterocycles. The van der Waals surface area contributed by atoms with E-state index in [1.807, 2.05) is 6.92 Å². The van der Waals surface area contributed by atoms with E-state index in [4.69, 9.17) is 10.5 Å². The number of nitrogens with two attached hydrogens (primary N) is 1. The van der Waals surface area contributed by atoms with E-state index in [1.54, 1.807) is 0 Å². The van der Waals surface area contributed by atoms with Crippen LogP contribution in [0.4, 0.5) is 0 Å². The van der Waals surface area contributed by atoms with Crippen LogP contribution in [0.1, 0.15) is 31.4 Å². The Hall–Kier alpha value is -1.02. The lowest BCUT2D eigenvalue weighted by Gasteiger charge is -2.15. The maximum Gasteiger partial charge on any atom is 0.125 e. The van der Waals surface area contributed by atoms with E-state index < -0.39 is 0 Å². The minimum Gasteiger partial charge on any atom is -0.493 e. The first-order valence-corrected chi connectivity index (χ1v) is 5.65. The summed E-state index contributed by atoms with van der Waals surface area (Å²) in [5.74, 6) is 1.02. The van der Waals surface area contributed by atoms with Crippen molar-refractivity contribution in [2.75, 3.05) is 6.61 Å². The molecule has 1 rings (SSSR count). The summed E-state index contributed by atoms with van der Waals surface area (Å²) in [5, 5.41) is 0. The van der Waals surface area contributed by atoms with E-state index in [0.717, 1.165) is 18.6 Å². The molecule has 0 aliphatic heterocycles. The first kappa shape index (κ1) is 12.1. The van der Waals surface area contributed by atoms with Crippen LogP contribution >= 0.6 is 0 Å². The Morgan fingerprint density at radius 1 is 1.33 bits per heavy atom. The molecule has 0 bridgehead atoms. The van der Waals surface area contributed by atoms with Crippen molar-refractivity contribution in [1.82, 2.24) is 0 Å². The van der Waals surface area contributed by atoms with E-state index in [9.17, 15) is 0 Å². The van der Waals surface area contributed by atoms with Gasteiger partial charge in [-0.2, -0.15) is 0 Å². The molecule has 1 unspecified atom stereocenters. The van der Waals surface area contributed by atoms with Gasteiger partial charge in [0.25, 0.3) is 0 Å². The third-order valence-electron chi connectivity index (χ3n) is 2.59. The molecule has 2 heteroatoms. The first-order valence-electron chi connectivity index (χ1n) is 5.65. The van der Waals surface area contributed by atoms with E-state index in [2.05, 4.69) is 32.0 Å². The fourth-order valence-electron chi connectivity index (χ4n) is 1.65. The van der Waals surface area contributed by atoms with Gasteiger partial charge in [0.2, 0.25) is 0 Å². The highest BCUT2D eigenvalue weighted by atomic mass is 16.5. The Bertz CT molecular complexity index is 309. The lowest BCUT2D eigenvalue weighted by Crippen LogP contribution is -2.21. The molecule has 2 N–H and O–H groups in total. The molecule has 0 aliphatic carbocycles. The average molecular weight is 207 g/mol. The van der Waals surface area contributed by atoms with Gasteiger partial charge < -0.3 is 10.5 Å². The van der Waals surface area contributed by atoms with E-state index >= 15 is 0 Å². The fourth-order valence-corrected chi connectivity index (χ4v) is 1.65. The van der Waals surface area contributed by atoms with Gasteiger partial charge in [-0.05, 0) is 37.8 Å². The van der Waals surface area contributed by atoms with Crippen LogP contribution in [0.15, 0.2) is 18.2 Å². The van der Waals surface area contributed by atoms with Crippen molar-refractivity contribution in [2.24, 2.45) is 5.73 Å². The van der Waals surface area contributed by atoms with Crippen LogP contribution in [0.5, 0.6) is 5.75 Å². The highest BCUT2D eigenvalue weighted by Crippen LogP contribution is 2.24. The van der Waals surface area contributed by atoms with Crippen molar-refractivity contribution in [3.8, 4) is 5.75 Å². The summed E-state index contributed by atoms with van der Waals surface area (Å²) >= 11 is 0. The largest absolute Gasteiger partial charge is 0.493 e. The zero-order valence-corrected chi connectivity index (χ0v) is 9.92. The minimum atomic E-state index is 0.228. The molecule has 0 amide bonds. The average Bonchev–Trinajstić information content (AvgIpc) is 2.23. The summed E-state index contributed by atoms with van der Waals surface area (Å²) in [6.07, 6.45) is 1.90. The summed E-state index contributed by atoms with van der Waals surface area (Å²) in [4.78, 5) is 0.